The Kier molecular flexibility index (Phi) is 2.57. The molecule has 1 aromatic heterocycles. The number of anilines is 3. The molecule has 0 fully saturated rings. The molecule has 3 aromatic rings. The zero-order valence-electron chi connectivity index (χ0n) is 9.44. The predicted octanol–water partition coefficient (Wildman–Crippen LogP) is 3.54. The number of rotatable bonds is 2. The zero-order chi connectivity index (χ0) is 12.5. The Morgan fingerprint density at radius 3 is 2.72 bits per heavy atom. The number of H-pyrrole nitrogens is 1. The van der Waals surface area contributed by atoms with Crippen LogP contribution < -0.4 is 11.1 Å². The van der Waals surface area contributed by atoms with Gasteiger partial charge < -0.3 is 11.1 Å². The summed E-state index contributed by atoms with van der Waals surface area (Å²) in [6.45, 7) is 0. The first kappa shape index (κ1) is 10.9. The van der Waals surface area contributed by atoms with Crippen LogP contribution in [0.2, 0.25) is 5.02 Å². The summed E-state index contributed by atoms with van der Waals surface area (Å²) in [5.74, 6) is 0. The molecule has 0 saturated carbocycles. The van der Waals surface area contributed by atoms with Crippen molar-refractivity contribution in [1.82, 2.24) is 10.2 Å². The number of nitrogens with zero attached hydrogens (tertiary/aromatic N) is 1. The highest BCUT2D eigenvalue weighted by Gasteiger charge is 2.04. The number of nitrogens with two attached hydrogens (primary N) is 1. The van der Waals surface area contributed by atoms with Gasteiger partial charge in [-0.15, -0.1) is 0 Å². The first-order valence-electron chi connectivity index (χ1n) is 5.47. The third kappa shape index (κ3) is 1.98. The Bertz CT molecular complexity index is 688. The third-order valence-electron chi connectivity index (χ3n) is 2.73. The topological polar surface area (TPSA) is 66.7 Å². The van der Waals surface area contributed by atoms with Crippen LogP contribution in [0.15, 0.2) is 42.6 Å². The third-order valence-corrected chi connectivity index (χ3v) is 2.99. The lowest BCUT2D eigenvalue weighted by molar-refractivity contribution is 1.12. The number of hydrogen-bond donors (Lipinski definition) is 3. The largest absolute Gasteiger partial charge is 0.397 e. The van der Waals surface area contributed by atoms with Crippen molar-refractivity contribution < 1.29 is 0 Å². The Labute approximate surface area is 109 Å². The maximum atomic E-state index is 5.99. The molecule has 0 aliphatic rings. The van der Waals surface area contributed by atoms with Gasteiger partial charge in [-0.3, -0.25) is 5.10 Å². The zero-order valence-corrected chi connectivity index (χ0v) is 10.2. The Morgan fingerprint density at radius 2 is 1.94 bits per heavy atom. The number of hydrogen-bond acceptors (Lipinski definition) is 3. The summed E-state index contributed by atoms with van der Waals surface area (Å²) in [4.78, 5) is 0. The molecule has 0 aliphatic heterocycles. The monoisotopic (exact) mass is 258 g/mol. The fourth-order valence-electron chi connectivity index (χ4n) is 1.81. The van der Waals surface area contributed by atoms with Crippen LogP contribution in [-0.4, -0.2) is 10.2 Å². The summed E-state index contributed by atoms with van der Waals surface area (Å²) in [6, 6.07) is 11.3. The summed E-state index contributed by atoms with van der Waals surface area (Å²) < 4.78 is 0. The SMILES string of the molecule is Nc1cc2cn[nH]c2cc1Nc1ccc(Cl)cc1. The molecule has 2 aromatic carbocycles. The Morgan fingerprint density at radius 1 is 1.17 bits per heavy atom. The summed E-state index contributed by atoms with van der Waals surface area (Å²) in [7, 11) is 0. The van der Waals surface area contributed by atoms with Crippen LogP contribution in [-0.2, 0) is 0 Å². The van der Waals surface area contributed by atoms with Gasteiger partial charge in [0.05, 0.1) is 23.1 Å². The minimum atomic E-state index is 0.679. The Balaban J connectivity index is 1.98. The van der Waals surface area contributed by atoms with Crippen LogP contribution in [0.1, 0.15) is 0 Å². The lowest BCUT2D eigenvalue weighted by Gasteiger charge is -2.09. The molecule has 1 heterocycles. The molecule has 0 bridgehead atoms. The molecule has 90 valence electrons. The van der Waals surface area contributed by atoms with Gasteiger partial charge in [-0.05, 0) is 36.4 Å². The highest BCUT2D eigenvalue weighted by Crippen LogP contribution is 2.28. The van der Waals surface area contributed by atoms with Crippen LogP contribution in [0.25, 0.3) is 10.9 Å². The lowest BCUT2D eigenvalue weighted by atomic mass is 10.2. The van der Waals surface area contributed by atoms with Gasteiger partial charge in [0.15, 0.2) is 0 Å². The molecular formula is C13H11ClN4. The van der Waals surface area contributed by atoms with Gasteiger partial charge in [0.25, 0.3) is 0 Å². The first-order valence-corrected chi connectivity index (χ1v) is 5.85. The second-order valence-electron chi connectivity index (χ2n) is 4.03. The lowest BCUT2D eigenvalue weighted by Crippen LogP contribution is -1.96. The fraction of sp³-hybridized carbons (Fsp3) is 0. The standard InChI is InChI=1S/C13H11ClN4/c14-9-1-3-10(4-2-9)17-13-6-12-8(5-11(13)15)7-16-18-12/h1-7,17H,15H2,(H,16,18). The van der Waals surface area contributed by atoms with Crippen LogP contribution in [0.5, 0.6) is 0 Å². The van der Waals surface area contributed by atoms with Gasteiger partial charge >= 0.3 is 0 Å². The maximum absolute atomic E-state index is 5.99. The quantitative estimate of drug-likeness (QED) is 0.616. The van der Waals surface area contributed by atoms with Crippen molar-refractivity contribution in [2.24, 2.45) is 0 Å². The van der Waals surface area contributed by atoms with Gasteiger partial charge in [-0.25, -0.2) is 0 Å². The minimum absolute atomic E-state index is 0.679. The van der Waals surface area contributed by atoms with Crippen molar-refractivity contribution in [3.63, 3.8) is 0 Å². The number of halogens is 1. The first-order chi connectivity index (χ1) is 8.72. The van der Waals surface area contributed by atoms with E-state index in [9.17, 15) is 0 Å². The predicted molar refractivity (Wildman–Crippen MR) is 75.2 cm³/mol. The van der Waals surface area contributed by atoms with E-state index in [4.69, 9.17) is 17.3 Å². The van der Waals surface area contributed by atoms with E-state index in [-0.39, 0.29) is 0 Å². The molecule has 0 unspecified atom stereocenters. The van der Waals surface area contributed by atoms with Crippen molar-refractivity contribution in [2.75, 3.05) is 11.1 Å². The molecule has 0 aliphatic carbocycles. The molecule has 5 heteroatoms. The van der Waals surface area contributed by atoms with Gasteiger partial charge in [-0.2, -0.15) is 5.10 Å². The molecule has 0 amide bonds. The number of aromatic amines is 1. The average molecular weight is 259 g/mol. The summed E-state index contributed by atoms with van der Waals surface area (Å²) in [5, 5.41) is 11.8. The summed E-state index contributed by atoms with van der Waals surface area (Å²) in [5.41, 5.74) is 9.39. The molecule has 3 rings (SSSR count). The Hall–Kier alpha value is -2.20. The highest BCUT2D eigenvalue weighted by atomic mass is 35.5. The van der Waals surface area contributed by atoms with E-state index >= 15 is 0 Å². The average Bonchev–Trinajstić information content (AvgIpc) is 2.79. The molecule has 0 radical (unpaired) electrons. The van der Waals surface area contributed by atoms with E-state index < -0.39 is 0 Å². The van der Waals surface area contributed by atoms with E-state index in [0.717, 1.165) is 22.3 Å². The van der Waals surface area contributed by atoms with Crippen molar-refractivity contribution >= 4 is 39.6 Å². The number of nitrogens with one attached hydrogen (secondary N) is 2. The molecule has 0 spiro atoms. The fourth-order valence-corrected chi connectivity index (χ4v) is 1.93. The van der Waals surface area contributed by atoms with Gasteiger partial charge in [0, 0.05) is 16.1 Å². The smallest absolute Gasteiger partial charge is 0.0672 e. The number of nitrogen functional groups attached to an aromatic ring is 1. The van der Waals surface area contributed by atoms with E-state index in [1.54, 1.807) is 6.20 Å². The van der Waals surface area contributed by atoms with Crippen molar-refractivity contribution in [3.05, 3.63) is 47.6 Å². The van der Waals surface area contributed by atoms with Gasteiger partial charge in [0.2, 0.25) is 0 Å². The van der Waals surface area contributed by atoms with E-state index in [0.29, 0.717) is 10.7 Å². The van der Waals surface area contributed by atoms with E-state index in [2.05, 4.69) is 15.5 Å². The van der Waals surface area contributed by atoms with Crippen LogP contribution >= 0.6 is 11.6 Å². The molecule has 4 N–H and O–H groups in total. The molecule has 18 heavy (non-hydrogen) atoms. The molecule has 0 atom stereocenters. The van der Waals surface area contributed by atoms with Gasteiger partial charge in [0.1, 0.15) is 0 Å². The highest BCUT2D eigenvalue weighted by molar-refractivity contribution is 6.30. The maximum Gasteiger partial charge on any atom is 0.0672 e. The van der Waals surface area contributed by atoms with E-state index in [1.807, 2.05) is 36.4 Å². The van der Waals surface area contributed by atoms with Gasteiger partial charge in [-0.1, -0.05) is 11.6 Å². The molecule has 0 saturated heterocycles. The number of benzene rings is 2. The van der Waals surface area contributed by atoms with Crippen LogP contribution in [0.4, 0.5) is 17.1 Å². The second kappa shape index (κ2) is 4.23. The summed E-state index contributed by atoms with van der Waals surface area (Å²) >= 11 is 5.84. The van der Waals surface area contributed by atoms with Crippen LogP contribution in [0.3, 0.4) is 0 Å². The van der Waals surface area contributed by atoms with Crippen LogP contribution in [0, 0.1) is 0 Å². The molecular weight excluding hydrogens is 248 g/mol. The van der Waals surface area contributed by atoms with Crippen molar-refractivity contribution in [1.29, 1.82) is 0 Å². The second-order valence-corrected chi connectivity index (χ2v) is 4.47. The van der Waals surface area contributed by atoms with Crippen molar-refractivity contribution in [2.45, 2.75) is 0 Å². The molecule has 4 nitrogen and oxygen atoms in total. The number of fused-ring (bicyclic) bond motifs is 1. The van der Waals surface area contributed by atoms with Crippen molar-refractivity contribution in [3.8, 4) is 0 Å². The van der Waals surface area contributed by atoms with E-state index in [1.165, 1.54) is 0 Å². The normalized spacial score (nSPS) is 10.7. The summed E-state index contributed by atoms with van der Waals surface area (Å²) in [6.07, 6.45) is 1.75. The minimum Gasteiger partial charge on any atom is -0.397 e. The number of aromatic nitrogens is 2.